The normalized spacial score (nSPS) is 12.2. The predicted octanol–water partition coefficient (Wildman–Crippen LogP) is 5.08. The fraction of sp³-hybridized carbons (Fsp3) is 0.882. The molecule has 0 bridgehead atoms. The van der Waals surface area contributed by atoms with Crippen molar-refractivity contribution in [2.24, 2.45) is 0 Å². The minimum atomic E-state index is -2.75. The van der Waals surface area contributed by atoms with Gasteiger partial charge in [-0.25, -0.2) is 14.4 Å². The topological polar surface area (TPSA) is 287 Å². The fourth-order valence-electron chi connectivity index (χ4n) is 8.78. The van der Waals surface area contributed by atoms with Crippen molar-refractivity contribution in [1.29, 1.82) is 0 Å². The molecule has 0 spiro atoms. The lowest BCUT2D eigenvalue weighted by Crippen LogP contribution is -2.44. The number of urea groups is 1. The zero-order chi connectivity index (χ0) is 61.6. The average Bonchev–Trinajstić information content (AvgIpc) is 3.51. The standard InChI is InChI=1S/C51H106N6O21Si4/c1-46(58)57(36-21-17-16-20-31-54-51(63)78-41-40-76-48(60)27-38-56(34-24-44-81(70-8,71-9)72-10)35-25-45-82(73-11,74-12)75-13)49(61)52-29-18-14-15-19-30-53-50(62)77-39-28-47(59)26-37-55(32-22-42-79(64-2,65-3)66-4)33-23-43-80(67-5,68-6)69-7/h14-45H2,1-13H3,(H,52,61)(H,53,62)(H,54,63). The predicted molar refractivity (Wildman–Crippen MR) is 314 cm³/mol. The number of carbonyl (C=O) groups excluding carboxylic acids is 6. The Kier molecular flexibility index (Phi) is 46.3. The molecule has 0 heterocycles. The molecule has 0 aliphatic heterocycles. The largest absolute Gasteiger partial charge is 0.500 e. The zero-order valence-corrected chi connectivity index (χ0v) is 56.0. The van der Waals surface area contributed by atoms with E-state index in [2.05, 4.69) is 25.8 Å². The van der Waals surface area contributed by atoms with Crippen molar-refractivity contribution in [3.8, 4) is 0 Å². The number of hydrogen-bond donors (Lipinski definition) is 3. The Balaban J connectivity index is 4.39. The number of nitrogens with one attached hydrogen (secondary N) is 3. The fourth-order valence-corrected chi connectivity index (χ4v) is 15.6. The summed E-state index contributed by atoms with van der Waals surface area (Å²) in [5.74, 6) is -0.776. The third-order valence-corrected chi connectivity index (χ3v) is 25.3. The summed E-state index contributed by atoms with van der Waals surface area (Å²) in [5.41, 5.74) is 0. The lowest BCUT2D eigenvalue weighted by molar-refractivity contribution is -0.145. The maximum absolute atomic E-state index is 12.8. The summed E-state index contributed by atoms with van der Waals surface area (Å²) in [7, 11) is 7.99. The van der Waals surface area contributed by atoms with Gasteiger partial charge >= 0.3 is 59.4 Å². The van der Waals surface area contributed by atoms with E-state index in [1.807, 2.05) is 0 Å². The van der Waals surface area contributed by atoms with E-state index in [0.29, 0.717) is 115 Å². The first-order valence-corrected chi connectivity index (χ1v) is 36.2. The summed E-state index contributed by atoms with van der Waals surface area (Å²) in [6.07, 6.45) is 8.06. The molecule has 0 fully saturated rings. The Morgan fingerprint density at radius 2 is 0.671 bits per heavy atom. The molecule has 82 heavy (non-hydrogen) atoms. The van der Waals surface area contributed by atoms with Crippen LogP contribution in [0.25, 0.3) is 0 Å². The minimum absolute atomic E-state index is 0.0134. The summed E-state index contributed by atoms with van der Waals surface area (Å²) < 4.78 is 82.4. The van der Waals surface area contributed by atoms with E-state index in [4.69, 9.17) is 67.3 Å². The lowest BCUT2D eigenvalue weighted by Gasteiger charge is -2.28. The van der Waals surface area contributed by atoms with E-state index >= 15 is 0 Å². The third kappa shape index (κ3) is 34.8. The lowest BCUT2D eigenvalue weighted by atomic mass is 10.2. The second-order valence-electron chi connectivity index (χ2n) is 19.1. The van der Waals surface area contributed by atoms with Crippen molar-refractivity contribution >= 4 is 71.1 Å². The molecular weight excluding hydrogens is 1140 g/mol. The number of hydrogen-bond acceptors (Lipinski definition) is 23. The van der Waals surface area contributed by atoms with E-state index < -0.39 is 59.4 Å². The molecule has 0 aromatic carbocycles. The Bertz CT molecular complexity index is 1620. The summed E-state index contributed by atoms with van der Waals surface area (Å²) >= 11 is 0. The summed E-state index contributed by atoms with van der Waals surface area (Å²) in [6, 6.07) is 2.02. The number of unbranched alkanes of at least 4 members (excludes halogenated alkanes) is 6. The number of nitrogens with zero attached hydrogens (tertiary/aromatic N) is 3. The molecule has 5 amide bonds. The minimum Gasteiger partial charge on any atom is -0.462 e. The Labute approximate surface area is 494 Å². The monoisotopic (exact) mass is 1250 g/mol. The maximum atomic E-state index is 12.8. The number of Topliss-reactive ketones (excluding diaryl/α,β-unsaturated/α-hetero) is 1. The number of esters is 1. The molecule has 0 rings (SSSR count). The van der Waals surface area contributed by atoms with Crippen LogP contribution in [0.15, 0.2) is 0 Å². The number of carbonyl (C=O) groups is 6. The zero-order valence-electron chi connectivity index (χ0n) is 52.0. The molecule has 27 nitrogen and oxygen atoms in total. The van der Waals surface area contributed by atoms with Gasteiger partial charge in [-0.3, -0.25) is 19.3 Å². The molecule has 0 aromatic heterocycles. The van der Waals surface area contributed by atoms with Gasteiger partial charge in [0.2, 0.25) is 5.91 Å². The number of alkyl carbamates (subject to hydrolysis) is 2. The molecule has 482 valence electrons. The first-order chi connectivity index (χ1) is 39.4. The van der Waals surface area contributed by atoms with Crippen LogP contribution in [0, 0.1) is 0 Å². The van der Waals surface area contributed by atoms with Gasteiger partial charge in [-0.15, -0.1) is 0 Å². The molecule has 0 saturated carbocycles. The van der Waals surface area contributed by atoms with Crippen molar-refractivity contribution in [3.05, 3.63) is 0 Å². The molecule has 0 saturated heterocycles. The van der Waals surface area contributed by atoms with Crippen molar-refractivity contribution in [1.82, 2.24) is 30.7 Å². The van der Waals surface area contributed by atoms with Gasteiger partial charge in [0.25, 0.3) is 0 Å². The maximum Gasteiger partial charge on any atom is 0.500 e. The van der Waals surface area contributed by atoms with Gasteiger partial charge in [-0.05, 0) is 77.5 Å². The number of ether oxygens (including phenoxy) is 3. The van der Waals surface area contributed by atoms with Crippen molar-refractivity contribution < 1.29 is 96.1 Å². The molecule has 3 N–H and O–H groups in total. The molecule has 0 radical (unpaired) electrons. The van der Waals surface area contributed by atoms with Crippen LogP contribution in [-0.2, 0) is 81.7 Å². The van der Waals surface area contributed by atoms with E-state index in [1.54, 1.807) is 85.3 Å². The van der Waals surface area contributed by atoms with Crippen LogP contribution in [0.2, 0.25) is 24.2 Å². The molecule has 31 heteroatoms. The summed E-state index contributed by atoms with van der Waals surface area (Å²) in [6.45, 7) is 6.32. The average molecular weight is 1250 g/mol. The second kappa shape index (κ2) is 48.1. The molecule has 0 aromatic rings. The van der Waals surface area contributed by atoms with Gasteiger partial charge < -0.3 is 93.1 Å². The smallest absolute Gasteiger partial charge is 0.462 e. The summed E-state index contributed by atoms with van der Waals surface area (Å²) in [5, 5.41) is 8.22. The van der Waals surface area contributed by atoms with E-state index in [1.165, 1.54) is 11.8 Å². The number of rotatable bonds is 54. The van der Waals surface area contributed by atoms with Gasteiger partial charge in [0.15, 0.2) is 0 Å². The number of ketones is 1. The Hall–Kier alpha value is -3.07. The van der Waals surface area contributed by atoms with Gasteiger partial charge in [-0.2, -0.15) is 0 Å². The SMILES string of the molecule is CO[Si](CCCN(CCC[Si](OC)(OC)OC)CCC(=O)CCOC(=O)NCCCCCCNC(=O)N(CCCCCCNC(=O)OCCOC(=O)CCN(CCC[Si](OC)(OC)OC)CCC[Si](OC)(OC)OC)C(C)=O)(OC)OC. The second-order valence-corrected chi connectivity index (χ2v) is 31.5. The third-order valence-electron chi connectivity index (χ3n) is 13.9. The van der Waals surface area contributed by atoms with Crippen molar-refractivity contribution in [2.75, 3.05) is 171 Å². The Morgan fingerprint density at radius 3 is 1.04 bits per heavy atom. The highest BCUT2D eigenvalue weighted by molar-refractivity contribution is 6.61. The summed E-state index contributed by atoms with van der Waals surface area (Å²) in [4.78, 5) is 80.5. The molecule has 0 aliphatic rings. The van der Waals surface area contributed by atoms with Crippen LogP contribution in [0.4, 0.5) is 14.4 Å². The highest BCUT2D eigenvalue weighted by Gasteiger charge is 2.40. The van der Waals surface area contributed by atoms with E-state index in [9.17, 15) is 28.8 Å². The van der Waals surface area contributed by atoms with Crippen LogP contribution in [0.5, 0.6) is 0 Å². The first-order valence-electron chi connectivity index (χ1n) is 28.5. The number of amides is 5. The van der Waals surface area contributed by atoms with Crippen LogP contribution < -0.4 is 16.0 Å². The van der Waals surface area contributed by atoms with E-state index in [0.717, 1.165) is 51.4 Å². The molecule has 0 aliphatic carbocycles. The van der Waals surface area contributed by atoms with Crippen LogP contribution in [0.1, 0.15) is 103 Å². The Morgan fingerprint density at radius 1 is 0.341 bits per heavy atom. The molecule has 0 unspecified atom stereocenters. The van der Waals surface area contributed by atoms with Crippen molar-refractivity contribution in [3.63, 3.8) is 0 Å². The van der Waals surface area contributed by atoms with Crippen molar-refractivity contribution in [2.45, 2.75) is 127 Å². The van der Waals surface area contributed by atoms with Gasteiger partial charge in [0, 0.05) is 169 Å². The van der Waals surface area contributed by atoms with Gasteiger partial charge in [-0.1, -0.05) is 25.7 Å². The van der Waals surface area contributed by atoms with Crippen LogP contribution in [0.3, 0.4) is 0 Å². The number of imide groups is 1. The van der Waals surface area contributed by atoms with Crippen LogP contribution >= 0.6 is 0 Å². The highest BCUT2D eigenvalue weighted by Crippen LogP contribution is 2.20. The first kappa shape index (κ1) is 78.9. The van der Waals surface area contributed by atoms with E-state index in [-0.39, 0.29) is 50.9 Å². The van der Waals surface area contributed by atoms with Gasteiger partial charge in [0.05, 0.1) is 6.42 Å². The van der Waals surface area contributed by atoms with Gasteiger partial charge in [0.1, 0.15) is 25.6 Å². The quantitative estimate of drug-likeness (QED) is 0.0310. The highest BCUT2D eigenvalue weighted by atomic mass is 28.4. The van der Waals surface area contributed by atoms with Crippen LogP contribution in [-0.4, -0.2) is 256 Å². The molecular formula is C51H106N6O21Si4. The molecule has 0 atom stereocenters.